The standard InChI is InChI=1S/C31H25N3O4/c35-26(20-34-30(37)24-18-10-11-19-25(24)31(34)38)32-28(23-16-8-3-9-17-23)29(36)33-27(21-12-4-1-5-13-21)22-14-6-2-7-15-22/h1-19,27-28H,20H2,(H,32,35)(H,33,36)/t28-/m1/s1. The molecule has 0 saturated carbocycles. The average Bonchev–Trinajstić information content (AvgIpc) is 3.20. The summed E-state index contributed by atoms with van der Waals surface area (Å²) in [4.78, 5) is 53.2. The topological polar surface area (TPSA) is 95.6 Å². The lowest BCUT2D eigenvalue weighted by Gasteiger charge is -2.25. The molecule has 7 heteroatoms. The van der Waals surface area contributed by atoms with Crippen LogP contribution in [0.3, 0.4) is 0 Å². The molecule has 4 aromatic carbocycles. The van der Waals surface area contributed by atoms with Crippen molar-refractivity contribution < 1.29 is 19.2 Å². The number of hydrogen-bond donors (Lipinski definition) is 2. The SMILES string of the molecule is O=C(CN1C(=O)c2ccccc2C1=O)N[C@@H](C(=O)NC(c1ccccc1)c1ccccc1)c1ccccc1. The zero-order chi connectivity index (χ0) is 26.5. The molecule has 188 valence electrons. The first kappa shape index (κ1) is 24.6. The summed E-state index contributed by atoms with van der Waals surface area (Å²) in [7, 11) is 0. The Morgan fingerprint density at radius 3 is 1.47 bits per heavy atom. The highest BCUT2D eigenvalue weighted by Gasteiger charge is 2.37. The molecule has 0 bridgehead atoms. The van der Waals surface area contributed by atoms with E-state index in [0.717, 1.165) is 16.0 Å². The molecular formula is C31H25N3O4. The number of rotatable bonds is 8. The molecule has 1 aliphatic heterocycles. The number of benzene rings is 4. The monoisotopic (exact) mass is 503 g/mol. The Labute approximate surface area is 220 Å². The lowest BCUT2D eigenvalue weighted by atomic mass is 9.97. The number of imide groups is 1. The van der Waals surface area contributed by atoms with Gasteiger partial charge in [-0.3, -0.25) is 24.1 Å². The van der Waals surface area contributed by atoms with Crippen LogP contribution >= 0.6 is 0 Å². The van der Waals surface area contributed by atoms with Crippen molar-refractivity contribution in [1.29, 1.82) is 0 Å². The number of carbonyl (C=O) groups excluding carboxylic acids is 4. The Balaban J connectivity index is 1.38. The fraction of sp³-hybridized carbons (Fsp3) is 0.0968. The molecule has 38 heavy (non-hydrogen) atoms. The molecule has 1 heterocycles. The lowest BCUT2D eigenvalue weighted by Crippen LogP contribution is -2.46. The van der Waals surface area contributed by atoms with Gasteiger partial charge in [0.05, 0.1) is 17.2 Å². The first-order valence-corrected chi connectivity index (χ1v) is 12.2. The van der Waals surface area contributed by atoms with E-state index in [1.165, 1.54) is 0 Å². The maximum absolute atomic E-state index is 13.7. The number of hydrogen-bond acceptors (Lipinski definition) is 4. The molecule has 0 radical (unpaired) electrons. The van der Waals surface area contributed by atoms with Crippen LogP contribution in [0.25, 0.3) is 0 Å². The van der Waals surface area contributed by atoms with Gasteiger partial charge in [0.15, 0.2) is 0 Å². The van der Waals surface area contributed by atoms with Crippen molar-refractivity contribution in [3.05, 3.63) is 143 Å². The summed E-state index contributed by atoms with van der Waals surface area (Å²) in [6, 6.07) is 32.9. The van der Waals surface area contributed by atoms with Crippen molar-refractivity contribution >= 4 is 23.6 Å². The van der Waals surface area contributed by atoms with Gasteiger partial charge >= 0.3 is 0 Å². The average molecular weight is 504 g/mol. The van der Waals surface area contributed by atoms with Gasteiger partial charge in [-0.15, -0.1) is 0 Å². The molecule has 0 fully saturated rings. The van der Waals surface area contributed by atoms with Crippen molar-refractivity contribution in [2.24, 2.45) is 0 Å². The van der Waals surface area contributed by atoms with Crippen LogP contribution in [0, 0.1) is 0 Å². The molecule has 0 unspecified atom stereocenters. The maximum atomic E-state index is 13.7. The van der Waals surface area contributed by atoms with E-state index in [1.807, 2.05) is 66.7 Å². The summed E-state index contributed by atoms with van der Waals surface area (Å²) in [5.74, 6) is -2.12. The molecule has 0 aliphatic carbocycles. The maximum Gasteiger partial charge on any atom is 0.262 e. The molecule has 1 atom stereocenters. The molecule has 5 rings (SSSR count). The Morgan fingerprint density at radius 2 is 1.00 bits per heavy atom. The van der Waals surface area contributed by atoms with Gasteiger partial charge in [-0.25, -0.2) is 0 Å². The van der Waals surface area contributed by atoms with Crippen molar-refractivity contribution in [3.63, 3.8) is 0 Å². The van der Waals surface area contributed by atoms with E-state index in [-0.39, 0.29) is 11.1 Å². The fourth-order valence-electron chi connectivity index (χ4n) is 4.55. The highest BCUT2D eigenvalue weighted by molar-refractivity contribution is 6.22. The number of nitrogens with one attached hydrogen (secondary N) is 2. The van der Waals surface area contributed by atoms with Crippen molar-refractivity contribution in [3.8, 4) is 0 Å². The number of fused-ring (bicyclic) bond motifs is 1. The van der Waals surface area contributed by atoms with Gasteiger partial charge in [0, 0.05) is 0 Å². The first-order valence-electron chi connectivity index (χ1n) is 12.2. The van der Waals surface area contributed by atoms with Crippen LogP contribution < -0.4 is 10.6 Å². The summed E-state index contributed by atoms with van der Waals surface area (Å²) < 4.78 is 0. The van der Waals surface area contributed by atoms with Crippen molar-refractivity contribution in [1.82, 2.24) is 15.5 Å². The molecule has 7 nitrogen and oxygen atoms in total. The van der Waals surface area contributed by atoms with Gasteiger partial charge in [-0.2, -0.15) is 0 Å². The smallest absolute Gasteiger partial charge is 0.262 e. The normalized spacial score (nSPS) is 13.2. The second kappa shape index (κ2) is 10.9. The lowest BCUT2D eigenvalue weighted by molar-refractivity contribution is -0.129. The molecule has 0 aromatic heterocycles. The van der Waals surface area contributed by atoms with Crippen LogP contribution in [-0.2, 0) is 9.59 Å². The Hall–Kier alpha value is -5.04. The predicted octanol–water partition coefficient (Wildman–Crippen LogP) is 4.05. The van der Waals surface area contributed by atoms with E-state index < -0.39 is 42.3 Å². The largest absolute Gasteiger partial charge is 0.343 e. The molecule has 2 N–H and O–H groups in total. The quantitative estimate of drug-likeness (QED) is 0.355. The van der Waals surface area contributed by atoms with Gasteiger partial charge < -0.3 is 10.6 Å². The zero-order valence-corrected chi connectivity index (χ0v) is 20.4. The molecule has 4 aromatic rings. The predicted molar refractivity (Wildman–Crippen MR) is 142 cm³/mol. The molecule has 4 amide bonds. The fourth-order valence-corrected chi connectivity index (χ4v) is 4.55. The summed E-state index contributed by atoms with van der Waals surface area (Å²) in [6.45, 7) is -0.496. The molecule has 1 aliphatic rings. The van der Waals surface area contributed by atoms with Gasteiger partial charge in [0.1, 0.15) is 12.6 Å². The second-order valence-electron chi connectivity index (χ2n) is 8.92. The molecule has 0 saturated heterocycles. The van der Waals surface area contributed by atoms with Crippen LogP contribution in [0.15, 0.2) is 115 Å². The molecular weight excluding hydrogens is 478 g/mol. The third kappa shape index (κ3) is 5.08. The van der Waals surface area contributed by atoms with Gasteiger partial charge in [-0.1, -0.05) is 103 Å². The minimum Gasteiger partial charge on any atom is -0.343 e. The highest BCUT2D eigenvalue weighted by Crippen LogP contribution is 2.25. The zero-order valence-electron chi connectivity index (χ0n) is 20.4. The van der Waals surface area contributed by atoms with Crippen LogP contribution in [0.1, 0.15) is 49.5 Å². The summed E-state index contributed by atoms with van der Waals surface area (Å²) in [5.41, 5.74) is 2.86. The van der Waals surface area contributed by atoms with Crippen LogP contribution in [-0.4, -0.2) is 35.1 Å². The van der Waals surface area contributed by atoms with E-state index >= 15 is 0 Å². The highest BCUT2D eigenvalue weighted by atomic mass is 16.2. The van der Waals surface area contributed by atoms with Crippen molar-refractivity contribution in [2.45, 2.75) is 12.1 Å². The Kier molecular flexibility index (Phi) is 7.08. The van der Waals surface area contributed by atoms with Crippen LogP contribution in [0.2, 0.25) is 0 Å². The van der Waals surface area contributed by atoms with E-state index in [9.17, 15) is 19.2 Å². The molecule has 0 spiro atoms. The summed E-state index contributed by atoms with van der Waals surface area (Å²) in [5, 5.41) is 5.82. The first-order chi connectivity index (χ1) is 18.5. The van der Waals surface area contributed by atoms with Crippen LogP contribution in [0.5, 0.6) is 0 Å². The van der Waals surface area contributed by atoms with E-state index in [2.05, 4.69) is 10.6 Å². The third-order valence-corrected chi connectivity index (χ3v) is 6.43. The van der Waals surface area contributed by atoms with Gasteiger partial charge in [0.25, 0.3) is 11.8 Å². The van der Waals surface area contributed by atoms with Gasteiger partial charge in [-0.05, 0) is 28.8 Å². The van der Waals surface area contributed by atoms with Crippen LogP contribution in [0.4, 0.5) is 0 Å². The Bertz CT molecular complexity index is 1400. The minimum absolute atomic E-state index is 0.260. The number of amides is 4. The van der Waals surface area contributed by atoms with E-state index in [1.54, 1.807) is 48.5 Å². The van der Waals surface area contributed by atoms with Gasteiger partial charge in [0.2, 0.25) is 11.8 Å². The summed E-state index contributed by atoms with van der Waals surface area (Å²) >= 11 is 0. The third-order valence-electron chi connectivity index (χ3n) is 6.43. The summed E-state index contributed by atoms with van der Waals surface area (Å²) in [6.07, 6.45) is 0. The van der Waals surface area contributed by atoms with E-state index in [0.29, 0.717) is 5.56 Å². The number of nitrogens with zero attached hydrogens (tertiary/aromatic N) is 1. The second-order valence-corrected chi connectivity index (χ2v) is 8.92. The number of carbonyl (C=O) groups is 4. The van der Waals surface area contributed by atoms with Crippen molar-refractivity contribution in [2.75, 3.05) is 6.54 Å². The Morgan fingerprint density at radius 1 is 0.579 bits per heavy atom. The minimum atomic E-state index is -1.05. The van der Waals surface area contributed by atoms with E-state index in [4.69, 9.17) is 0 Å².